The number of carboxylic acid groups (broad SMARTS) is 1. The number of hydrogen-bond acceptors (Lipinski definition) is 3. The molecule has 1 aromatic carbocycles. The average Bonchev–Trinajstić information content (AvgIpc) is 2.37. The number of aliphatic carboxylic acids is 1. The van der Waals surface area contributed by atoms with E-state index in [0.717, 1.165) is 10.6 Å². The van der Waals surface area contributed by atoms with Gasteiger partial charge in [-0.25, -0.2) is 0 Å². The molecule has 1 rings (SSSR count). The van der Waals surface area contributed by atoms with Crippen LogP contribution in [0.5, 0.6) is 0 Å². The predicted molar refractivity (Wildman–Crippen MR) is 76.3 cm³/mol. The molecule has 19 heavy (non-hydrogen) atoms. The molecule has 0 fully saturated rings. The number of nitrogens with one attached hydrogen (secondary N) is 1. The molecule has 1 atom stereocenters. The van der Waals surface area contributed by atoms with E-state index >= 15 is 0 Å². The Hall–Kier alpha value is -1.49. The minimum Gasteiger partial charge on any atom is -0.481 e. The van der Waals surface area contributed by atoms with Crippen molar-refractivity contribution in [1.29, 1.82) is 0 Å². The van der Waals surface area contributed by atoms with Gasteiger partial charge in [0.25, 0.3) is 0 Å². The van der Waals surface area contributed by atoms with E-state index in [2.05, 4.69) is 5.32 Å². The fourth-order valence-corrected chi connectivity index (χ4v) is 2.41. The Morgan fingerprint density at radius 2 is 1.95 bits per heavy atom. The molecule has 2 N–H and O–H groups in total. The van der Waals surface area contributed by atoms with E-state index in [4.69, 9.17) is 5.11 Å². The lowest BCUT2D eigenvalue weighted by molar-refractivity contribution is -0.137. The third-order valence-electron chi connectivity index (χ3n) is 2.54. The molecular formula is C14H19NO3S. The first-order valence-corrected chi connectivity index (χ1v) is 7.25. The number of carbonyl (C=O) groups is 2. The van der Waals surface area contributed by atoms with Crippen LogP contribution in [0.4, 0.5) is 0 Å². The topological polar surface area (TPSA) is 66.4 Å². The summed E-state index contributed by atoms with van der Waals surface area (Å²) in [5.74, 6) is -0.136. The highest BCUT2D eigenvalue weighted by Gasteiger charge is 2.09. The molecule has 0 aliphatic heterocycles. The number of rotatable bonds is 8. The van der Waals surface area contributed by atoms with Crippen molar-refractivity contribution < 1.29 is 14.7 Å². The third-order valence-corrected chi connectivity index (χ3v) is 3.55. The first-order valence-electron chi connectivity index (χ1n) is 6.27. The molecule has 0 aliphatic rings. The Bertz CT molecular complexity index is 408. The van der Waals surface area contributed by atoms with Gasteiger partial charge in [-0.05, 0) is 25.5 Å². The number of carbonyl (C=O) groups excluding carboxylic acids is 1. The van der Waals surface area contributed by atoms with Crippen molar-refractivity contribution >= 4 is 23.6 Å². The van der Waals surface area contributed by atoms with Crippen molar-refractivity contribution in [3.8, 4) is 0 Å². The lowest BCUT2D eigenvalue weighted by Crippen LogP contribution is -2.33. The minimum atomic E-state index is -0.833. The molecule has 1 unspecified atom stereocenters. The normalized spacial score (nSPS) is 11.8. The van der Waals surface area contributed by atoms with Crippen LogP contribution in [0.3, 0.4) is 0 Å². The van der Waals surface area contributed by atoms with Crippen LogP contribution in [0, 0.1) is 0 Å². The summed E-state index contributed by atoms with van der Waals surface area (Å²) in [5.41, 5.74) is 0. The van der Waals surface area contributed by atoms with Gasteiger partial charge in [0, 0.05) is 29.5 Å². The molecule has 5 heteroatoms. The third kappa shape index (κ3) is 7.51. The molecule has 4 nitrogen and oxygen atoms in total. The Morgan fingerprint density at radius 3 is 2.58 bits per heavy atom. The zero-order chi connectivity index (χ0) is 14.1. The lowest BCUT2D eigenvalue weighted by atomic mass is 10.2. The summed E-state index contributed by atoms with van der Waals surface area (Å²) in [6, 6.07) is 9.83. The van der Waals surface area contributed by atoms with Crippen molar-refractivity contribution in [2.24, 2.45) is 0 Å². The minimum absolute atomic E-state index is 0.0266. The quantitative estimate of drug-likeness (QED) is 0.719. The molecule has 0 bridgehead atoms. The van der Waals surface area contributed by atoms with Crippen LogP contribution in [0.15, 0.2) is 35.2 Å². The Balaban J connectivity index is 2.15. The SMILES string of the molecule is CC(CCC(=O)O)NC(=O)CCSc1ccccc1. The molecule has 1 amide bonds. The monoisotopic (exact) mass is 281 g/mol. The van der Waals surface area contributed by atoms with Gasteiger partial charge in [0.05, 0.1) is 0 Å². The summed E-state index contributed by atoms with van der Waals surface area (Å²) >= 11 is 1.64. The zero-order valence-corrected chi connectivity index (χ0v) is 11.8. The second-order valence-corrected chi connectivity index (χ2v) is 5.48. The van der Waals surface area contributed by atoms with Crippen LogP contribution in [0.25, 0.3) is 0 Å². The van der Waals surface area contributed by atoms with Crippen LogP contribution in [0.1, 0.15) is 26.2 Å². The van der Waals surface area contributed by atoms with E-state index in [0.29, 0.717) is 12.8 Å². The summed E-state index contributed by atoms with van der Waals surface area (Å²) in [6.07, 6.45) is 0.990. The maximum absolute atomic E-state index is 11.6. The standard InChI is InChI=1S/C14H19NO3S/c1-11(7-8-14(17)18)15-13(16)9-10-19-12-5-3-2-4-6-12/h2-6,11H,7-10H2,1H3,(H,15,16)(H,17,18). The summed E-state index contributed by atoms with van der Waals surface area (Å²) in [5, 5.41) is 11.4. The summed E-state index contributed by atoms with van der Waals surface area (Å²) in [7, 11) is 0. The largest absolute Gasteiger partial charge is 0.481 e. The first-order chi connectivity index (χ1) is 9.08. The first kappa shape index (κ1) is 15.6. The summed E-state index contributed by atoms with van der Waals surface area (Å²) < 4.78 is 0. The van der Waals surface area contributed by atoms with Crippen LogP contribution in [0.2, 0.25) is 0 Å². The molecule has 0 spiro atoms. The molecule has 104 valence electrons. The Morgan fingerprint density at radius 1 is 1.26 bits per heavy atom. The van der Waals surface area contributed by atoms with Crippen molar-refractivity contribution in [3.63, 3.8) is 0 Å². The van der Waals surface area contributed by atoms with Gasteiger partial charge in [0.15, 0.2) is 0 Å². The van der Waals surface area contributed by atoms with Gasteiger partial charge in [0.2, 0.25) is 5.91 Å². The van der Waals surface area contributed by atoms with E-state index in [9.17, 15) is 9.59 Å². The van der Waals surface area contributed by atoms with E-state index in [1.807, 2.05) is 37.3 Å². The predicted octanol–water partition coefficient (Wildman–Crippen LogP) is 2.54. The highest BCUT2D eigenvalue weighted by atomic mass is 32.2. The smallest absolute Gasteiger partial charge is 0.303 e. The summed E-state index contributed by atoms with van der Waals surface area (Å²) in [4.78, 5) is 23.2. The second-order valence-electron chi connectivity index (χ2n) is 4.31. The van der Waals surface area contributed by atoms with Crippen molar-refractivity contribution in [3.05, 3.63) is 30.3 Å². The van der Waals surface area contributed by atoms with Gasteiger partial charge in [-0.1, -0.05) is 18.2 Å². The molecule has 0 saturated carbocycles. The van der Waals surface area contributed by atoms with Gasteiger partial charge in [-0.2, -0.15) is 0 Å². The van der Waals surface area contributed by atoms with E-state index in [1.54, 1.807) is 11.8 Å². The average molecular weight is 281 g/mol. The molecule has 0 aromatic heterocycles. The molecule has 1 aromatic rings. The van der Waals surface area contributed by atoms with Crippen molar-refractivity contribution in [1.82, 2.24) is 5.32 Å². The van der Waals surface area contributed by atoms with Gasteiger partial charge >= 0.3 is 5.97 Å². The van der Waals surface area contributed by atoms with Gasteiger partial charge < -0.3 is 10.4 Å². The molecule has 0 radical (unpaired) electrons. The maximum Gasteiger partial charge on any atom is 0.303 e. The molecule has 0 heterocycles. The van der Waals surface area contributed by atoms with Crippen LogP contribution < -0.4 is 5.32 Å². The van der Waals surface area contributed by atoms with Crippen LogP contribution >= 0.6 is 11.8 Å². The number of benzene rings is 1. The second kappa shape index (κ2) is 8.58. The zero-order valence-electron chi connectivity index (χ0n) is 11.0. The number of thioether (sulfide) groups is 1. The molecule has 0 saturated heterocycles. The van der Waals surface area contributed by atoms with E-state index < -0.39 is 5.97 Å². The lowest BCUT2D eigenvalue weighted by Gasteiger charge is -2.12. The van der Waals surface area contributed by atoms with E-state index in [-0.39, 0.29) is 18.4 Å². The van der Waals surface area contributed by atoms with Gasteiger partial charge in [0.1, 0.15) is 0 Å². The van der Waals surface area contributed by atoms with Crippen molar-refractivity contribution in [2.45, 2.75) is 37.1 Å². The summed E-state index contributed by atoms with van der Waals surface area (Å²) in [6.45, 7) is 1.82. The Kier molecular flexibility index (Phi) is 7.03. The van der Waals surface area contributed by atoms with Crippen LogP contribution in [-0.2, 0) is 9.59 Å². The van der Waals surface area contributed by atoms with Crippen molar-refractivity contribution in [2.75, 3.05) is 5.75 Å². The molecule has 0 aliphatic carbocycles. The fourth-order valence-electron chi connectivity index (χ4n) is 1.54. The molecular weight excluding hydrogens is 262 g/mol. The highest BCUT2D eigenvalue weighted by molar-refractivity contribution is 7.99. The van der Waals surface area contributed by atoms with E-state index in [1.165, 1.54) is 0 Å². The Labute approximate surface area is 117 Å². The highest BCUT2D eigenvalue weighted by Crippen LogP contribution is 2.17. The van der Waals surface area contributed by atoms with Gasteiger partial charge in [-0.3, -0.25) is 9.59 Å². The maximum atomic E-state index is 11.6. The number of carboxylic acids is 1. The van der Waals surface area contributed by atoms with Gasteiger partial charge in [-0.15, -0.1) is 11.8 Å². The fraction of sp³-hybridized carbons (Fsp3) is 0.429. The van der Waals surface area contributed by atoms with Crippen LogP contribution in [-0.4, -0.2) is 28.8 Å². The number of hydrogen-bond donors (Lipinski definition) is 2. The number of amides is 1.